The molecule has 0 unspecified atom stereocenters. The van der Waals surface area contributed by atoms with Crippen molar-refractivity contribution >= 4 is 17.3 Å². The molecule has 3 rings (SSSR count). The number of carbonyl (C=O) groups excluding carboxylic acids is 1. The summed E-state index contributed by atoms with van der Waals surface area (Å²) in [5.74, 6) is 0.873. The summed E-state index contributed by atoms with van der Waals surface area (Å²) in [6.07, 6.45) is 0. The van der Waals surface area contributed by atoms with E-state index < -0.39 is 0 Å². The van der Waals surface area contributed by atoms with Gasteiger partial charge in [0.2, 0.25) is 5.91 Å². The zero-order chi connectivity index (χ0) is 23.1. The lowest BCUT2D eigenvalue weighted by atomic mass is 10.1. The molecule has 0 aliphatic carbocycles. The number of rotatable bonds is 9. The van der Waals surface area contributed by atoms with Crippen LogP contribution in [0.15, 0.2) is 59.4 Å². The number of hydrogen-bond donors (Lipinski definition) is 1. The maximum atomic E-state index is 12.6. The molecule has 0 saturated carbocycles. The minimum Gasteiger partial charge on any atom is -0.497 e. The van der Waals surface area contributed by atoms with Gasteiger partial charge >= 0.3 is 0 Å². The monoisotopic (exact) mass is 436 g/mol. The third kappa shape index (κ3) is 5.26. The van der Waals surface area contributed by atoms with Gasteiger partial charge in [-0.05, 0) is 62.4 Å². The van der Waals surface area contributed by atoms with Crippen LogP contribution >= 0.6 is 0 Å². The lowest BCUT2D eigenvalue weighted by molar-refractivity contribution is -0.117. The molecule has 1 amide bonds. The Morgan fingerprint density at radius 3 is 2.34 bits per heavy atom. The molecule has 0 fully saturated rings. The van der Waals surface area contributed by atoms with Crippen LogP contribution in [0.5, 0.6) is 11.5 Å². The van der Waals surface area contributed by atoms with E-state index in [0.29, 0.717) is 28.4 Å². The highest BCUT2D eigenvalue weighted by Gasteiger charge is 2.13. The van der Waals surface area contributed by atoms with E-state index in [1.54, 1.807) is 38.5 Å². The number of ether oxygens (including phenoxy) is 2. The molecule has 0 aliphatic rings. The molecule has 168 valence electrons. The Morgan fingerprint density at radius 1 is 1.00 bits per heavy atom. The maximum Gasteiger partial charge on any atom is 0.267 e. The third-order valence-electron chi connectivity index (χ3n) is 5.12. The molecule has 1 N–H and O–H groups in total. The van der Waals surface area contributed by atoms with Crippen molar-refractivity contribution in [2.24, 2.45) is 0 Å². The Hall–Kier alpha value is -3.81. The highest BCUT2D eigenvalue weighted by atomic mass is 16.5. The quantitative estimate of drug-likeness (QED) is 0.553. The highest BCUT2D eigenvalue weighted by molar-refractivity contribution is 5.90. The first kappa shape index (κ1) is 22.9. The van der Waals surface area contributed by atoms with Gasteiger partial charge in [0.25, 0.3) is 5.56 Å². The molecule has 2 aromatic carbocycles. The number of aromatic nitrogens is 2. The van der Waals surface area contributed by atoms with Gasteiger partial charge in [0, 0.05) is 36.1 Å². The number of carbonyl (C=O) groups is 1. The van der Waals surface area contributed by atoms with Crippen molar-refractivity contribution in [3.05, 3.63) is 65.0 Å². The van der Waals surface area contributed by atoms with Crippen LogP contribution in [0.2, 0.25) is 0 Å². The fourth-order valence-electron chi connectivity index (χ4n) is 3.40. The van der Waals surface area contributed by atoms with E-state index in [9.17, 15) is 9.59 Å². The van der Waals surface area contributed by atoms with E-state index in [-0.39, 0.29) is 18.0 Å². The van der Waals surface area contributed by atoms with Gasteiger partial charge in [0.05, 0.1) is 19.9 Å². The SMILES string of the molecule is CCN(CC)c1ccc(NC(=O)Cn2nc(-c3cc(OC)ccc3OC)ccc2=O)cc1. The minimum absolute atomic E-state index is 0.212. The molecule has 8 nitrogen and oxygen atoms in total. The van der Waals surface area contributed by atoms with Crippen LogP contribution in [0.25, 0.3) is 11.3 Å². The largest absolute Gasteiger partial charge is 0.497 e. The molecule has 0 radical (unpaired) electrons. The predicted molar refractivity (Wildman–Crippen MR) is 126 cm³/mol. The minimum atomic E-state index is -0.373. The normalized spacial score (nSPS) is 10.5. The lowest BCUT2D eigenvalue weighted by Crippen LogP contribution is -2.29. The Bertz CT molecular complexity index is 1120. The number of nitrogens with one attached hydrogen (secondary N) is 1. The fourth-order valence-corrected chi connectivity index (χ4v) is 3.40. The van der Waals surface area contributed by atoms with E-state index in [4.69, 9.17) is 9.47 Å². The van der Waals surface area contributed by atoms with Crippen molar-refractivity contribution in [1.29, 1.82) is 0 Å². The summed E-state index contributed by atoms with van der Waals surface area (Å²) in [6, 6.07) is 15.9. The Balaban J connectivity index is 1.78. The summed E-state index contributed by atoms with van der Waals surface area (Å²) >= 11 is 0. The lowest BCUT2D eigenvalue weighted by Gasteiger charge is -2.21. The first-order chi connectivity index (χ1) is 15.5. The first-order valence-corrected chi connectivity index (χ1v) is 10.4. The van der Waals surface area contributed by atoms with Crippen molar-refractivity contribution in [2.45, 2.75) is 20.4 Å². The second kappa shape index (κ2) is 10.5. The highest BCUT2D eigenvalue weighted by Crippen LogP contribution is 2.31. The smallest absolute Gasteiger partial charge is 0.267 e. The second-order valence-corrected chi connectivity index (χ2v) is 7.05. The summed E-state index contributed by atoms with van der Waals surface area (Å²) < 4.78 is 11.8. The molecule has 0 atom stereocenters. The molecule has 32 heavy (non-hydrogen) atoms. The van der Waals surface area contributed by atoms with Crippen molar-refractivity contribution in [1.82, 2.24) is 9.78 Å². The van der Waals surface area contributed by atoms with Crippen molar-refractivity contribution < 1.29 is 14.3 Å². The summed E-state index contributed by atoms with van der Waals surface area (Å²) in [4.78, 5) is 27.1. The summed E-state index contributed by atoms with van der Waals surface area (Å²) in [7, 11) is 3.12. The van der Waals surface area contributed by atoms with E-state index in [0.717, 1.165) is 23.5 Å². The van der Waals surface area contributed by atoms with Gasteiger partial charge in [-0.15, -0.1) is 0 Å². The van der Waals surface area contributed by atoms with Crippen LogP contribution in [-0.4, -0.2) is 43.0 Å². The van der Waals surface area contributed by atoms with Gasteiger partial charge in [0.15, 0.2) is 0 Å². The average Bonchev–Trinajstić information content (AvgIpc) is 2.82. The number of benzene rings is 2. The number of anilines is 2. The Kier molecular flexibility index (Phi) is 7.49. The number of amides is 1. The molecule has 0 aliphatic heterocycles. The molecular formula is C24H28N4O4. The van der Waals surface area contributed by atoms with Gasteiger partial charge in [0.1, 0.15) is 18.0 Å². The maximum absolute atomic E-state index is 12.6. The van der Waals surface area contributed by atoms with Gasteiger partial charge < -0.3 is 19.7 Å². The fraction of sp³-hybridized carbons (Fsp3) is 0.292. The number of nitrogens with zero attached hydrogens (tertiary/aromatic N) is 3. The Labute approximate surface area is 187 Å². The standard InChI is InChI=1S/C24H28N4O4/c1-5-27(6-2)18-9-7-17(8-10-18)25-23(29)16-28-24(30)14-12-21(26-28)20-15-19(31-3)11-13-22(20)32-4/h7-15H,5-6,16H2,1-4H3,(H,25,29). The zero-order valence-electron chi connectivity index (χ0n) is 18.8. The average molecular weight is 437 g/mol. The van der Waals surface area contributed by atoms with Crippen LogP contribution in [-0.2, 0) is 11.3 Å². The van der Waals surface area contributed by atoms with Gasteiger partial charge in [-0.2, -0.15) is 5.10 Å². The van der Waals surface area contributed by atoms with Crippen LogP contribution in [0, 0.1) is 0 Å². The number of hydrogen-bond acceptors (Lipinski definition) is 6. The molecule has 1 heterocycles. The van der Waals surface area contributed by atoms with Crippen molar-refractivity contribution in [3.63, 3.8) is 0 Å². The summed E-state index contributed by atoms with van der Waals surface area (Å²) in [5, 5.41) is 7.19. The predicted octanol–water partition coefficient (Wildman–Crippen LogP) is 3.41. The molecule has 0 saturated heterocycles. The van der Waals surface area contributed by atoms with E-state index in [1.807, 2.05) is 24.3 Å². The third-order valence-corrected chi connectivity index (χ3v) is 5.12. The van der Waals surface area contributed by atoms with Gasteiger partial charge in [-0.25, -0.2) is 4.68 Å². The first-order valence-electron chi connectivity index (χ1n) is 10.4. The Morgan fingerprint density at radius 2 is 1.72 bits per heavy atom. The van der Waals surface area contributed by atoms with Crippen LogP contribution in [0.3, 0.4) is 0 Å². The van der Waals surface area contributed by atoms with Crippen molar-refractivity contribution in [3.8, 4) is 22.8 Å². The summed E-state index contributed by atoms with van der Waals surface area (Å²) in [5.41, 5.74) is 2.53. The zero-order valence-corrected chi connectivity index (χ0v) is 18.8. The molecule has 8 heteroatoms. The van der Waals surface area contributed by atoms with Crippen LogP contribution in [0.4, 0.5) is 11.4 Å². The van der Waals surface area contributed by atoms with E-state index >= 15 is 0 Å². The molecule has 1 aromatic heterocycles. The van der Waals surface area contributed by atoms with Gasteiger partial charge in [-0.3, -0.25) is 9.59 Å². The number of methoxy groups -OCH3 is 2. The summed E-state index contributed by atoms with van der Waals surface area (Å²) in [6.45, 7) is 5.80. The topological polar surface area (TPSA) is 85.7 Å². The van der Waals surface area contributed by atoms with Crippen LogP contribution in [0.1, 0.15) is 13.8 Å². The molecule has 0 spiro atoms. The van der Waals surface area contributed by atoms with Crippen molar-refractivity contribution in [2.75, 3.05) is 37.5 Å². The van der Waals surface area contributed by atoms with E-state index in [1.165, 1.54) is 6.07 Å². The van der Waals surface area contributed by atoms with E-state index in [2.05, 4.69) is 29.2 Å². The van der Waals surface area contributed by atoms with Gasteiger partial charge in [-0.1, -0.05) is 0 Å². The second-order valence-electron chi connectivity index (χ2n) is 7.05. The molecular weight excluding hydrogens is 408 g/mol. The molecule has 0 bridgehead atoms. The van der Waals surface area contributed by atoms with Crippen LogP contribution < -0.4 is 25.2 Å². The molecule has 3 aromatic rings.